The minimum atomic E-state index is -0.477. The summed E-state index contributed by atoms with van der Waals surface area (Å²) in [5.74, 6) is -0.728. The van der Waals surface area contributed by atoms with Crippen LogP contribution in [0.25, 0.3) is 0 Å². The van der Waals surface area contributed by atoms with Crippen LogP contribution in [0.15, 0.2) is 42.5 Å². The third-order valence-electron chi connectivity index (χ3n) is 2.85. The Balaban J connectivity index is 2.23. The van der Waals surface area contributed by atoms with Crippen LogP contribution >= 0.6 is 0 Å². The molecule has 5 nitrogen and oxygen atoms in total. The van der Waals surface area contributed by atoms with Gasteiger partial charge in [-0.05, 0) is 36.4 Å². The minimum Gasteiger partial charge on any atom is -0.508 e. The number of phenolic OH excluding ortho intramolecular Hbond substituents is 2. The fourth-order valence-electron chi connectivity index (χ4n) is 1.77. The van der Waals surface area contributed by atoms with Crippen molar-refractivity contribution in [3.63, 3.8) is 0 Å². The molecule has 0 saturated heterocycles. The first-order valence-corrected chi connectivity index (χ1v) is 6.08. The number of carbonyl (C=O) groups excluding carboxylic acids is 1. The van der Waals surface area contributed by atoms with Gasteiger partial charge in [-0.1, -0.05) is 6.07 Å². The molecule has 20 heavy (non-hydrogen) atoms. The van der Waals surface area contributed by atoms with E-state index in [2.05, 4.69) is 5.32 Å². The fourth-order valence-corrected chi connectivity index (χ4v) is 1.77. The summed E-state index contributed by atoms with van der Waals surface area (Å²) in [5.41, 5.74) is 1.59. The molecule has 0 spiro atoms. The van der Waals surface area contributed by atoms with Gasteiger partial charge in [-0.2, -0.15) is 0 Å². The zero-order valence-corrected chi connectivity index (χ0v) is 11.3. The number of aromatic hydroxyl groups is 2. The first kappa shape index (κ1) is 13.7. The highest BCUT2D eigenvalue weighted by atomic mass is 16.3. The first-order valence-electron chi connectivity index (χ1n) is 6.08. The predicted octanol–water partition coefficient (Wildman–Crippen LogP) is 2.42. The SMILES string of the molecule is CN(C)c1cccc(NC(=O)c2cc(O)ccc2O)c1. The van der Waals surface area contributed by atoms with E-state index in [1.807, 2.05) is 37.2 Å². The second-order valence-corrected chi connectivity index (χ2v) is 4.60. The Hall–Kier alpha value is -2.69. The Morgan fingerprint density at radius 3 is 2.55 bits per heavy atom. The van der Waals surface area contributed by atoms with Crippen LogP contribution in [0, 0.1) is 0 Å². The lowest BCUT2D eigenvalue weighted by Crippen LogP contribution is -2.13. The first-order chi connectivity index (χ1) is 9.47. The lowest BCUT2D eigenvalue weighted by Gasteiger charge is -2.14. The number of phenols is 2. The van der Waals surface area contributed by atoms with E-state index in [0.717, 1.165) is 5.69 Å². The molecule has 3 N–H and O–H groups in total. The van der Waals surface area contributed by atoms with E-state index in [4.69, 9.17) is 0 Å². The summed E-state index contributed by atoms with van der Waals surface area (Å²) in [4.78, 5) is 14.0. The molecule has 5 heteroatoms. The predicted molar refractivity (Wildman–Crippen MR) is 78.5 cm³/mol. The van der Waals surface area contributed by atoms with Gasteiger partial charge in [0.1, 0.15) is 11.5 Å². The Morgan fingerprint density at radius 1 is 1.10 bits per heavy atom. The molecule has 0 saturated carbocycles. The molecule has 0 heterocycles. The maximum absolute atomic E-state index is 12.1. The van der Waals surface area contributed by atoms with E-state index in [0.29, 0.717) is 5.69 Å². The molecular weight excluding hydrogens is 256 g/mol. The smallest absolute Gasteiger partial charge is 0.259 e. The number of anilines is 2. The Kier molecular flexibility index (Phi) is 3.79. The lowest BCUT2D eigenvalue weighted by molar-refractivity contribution is 0.102. The average Bonchev–Trinajstić information content (AvgIpc) is 2.41. The minimum absolute atomic E-state index is 0.0280. The van der Waals surface area contributed by atoms with Gasteiger partial charge in [0.25, 0.3) is 5.91 Å². The molecule has 0 radical (unpaired) electrons. The number of benzene rings is 2. The van der Waals surface area contributed by atoms with Crippen LogP contribution in [0.5, 0.6) is 11.5 Å². The van der Waals surface area contributed by atoms with Gasteiger partial charge in [-0.15, -0.1) is 0 Å². The number of nitrogens with one attached hydrogen (secondary N) is 1. The summed E-state index contributed by atoms with van der Waals surface area (Å²) in [5, 5.41) is 21.7. The molecule has 0 aromatic heterocycles. The maximum Gasteiger partial charge on any atom is 0.259 e. The van der Waals surface area contributed by atoms with E-state index in [1.54, 1.807) is 6.07 Å². The zero-order valence-electron chi connectivity index (χ0n) is 11.3. The summed E-state index contributed by atoms with van der Waals surface area (Å²) in [6, 6.07) is 11.1. The number of carbonyl (C=O) groups is 1. The highest BCUT2D eigenvalue weighted by molar-refractivity contribution is 6.06. The third kappa shape index (κ3) is 3.00. The van der Waals surface area contributed by atoms with Crippen LogP contribution < -0.4 is 10.2 Å². The van der Waals surface area contributed by atoms with Gasteiger partial charge in [0, 0.05) is 25.5 Å². The van der Waals surface area contributed by atoms with Crippen LogP contribution in [-0.2, 0) is 0 Å². The van der Waals surface area contributed by atoms with Crippen LogP contribution in [0.3, 0.4) is 0 Å². The van der Waals surface area contributed by atoms with Crippen LogP contribution in [0.2, 0.25) is 0 Å². The summed E-state index contributed by atoms with van der Waals surface area (Å²) in [6.45, 7) is 0. The lowest BCUT2D eigenvalue weighted by atomic mass is 10.1. The Morgan fingerprint density at radius 2 is 1.85 bits per heavy atom. The summed E-state index contributed by atoms with van der Waals surface area (Å²) in [6.07, 6.45) is 0. The van der Waals surface area contributed by atoms with Crippen molar-refractivity contribution >= 4 is 17.3 Å². The number of hydrogen-bond acceptors (Lipinski definition) is 4. The molecule has 0 aliphatic carbocycles. The number of hydrogen-bond donors (Lipinski definition) is 3. The molecule has 1 amide bonds. The number of amides is 1. The van der Waals surface area contributed by atoms with Crippen LogP contribution in [-0.4, -0.2) is 30.2 Å². The second kappa shape index (κ2) is 5.52. The second-order valence-electron chi connectivity index (χ2n) is 4.60. The van der Waals surface area contributed by atoms with E-state index in [-0.39, 0.29) is 17.1 Å². The van der Waals surface area contributed by atoms with Gasteiger partial charge >= 0.3 is 0 Å². The average molecular weight is 272 g/mol. The quantitative estimate of drug-likeness (QED) is 0.750. The molecule has 2 aromatic carbocycles. The molecule has 0 atom stereocenters. The van der Waals surface area contributed by atoms with E-state index >= 15 is 0 Å². The van der Waals surface area contributed by atoms with Crippen molar-refractivity contribution in [2.45, 2.75) is 0 Å². The standard InChI is InChI=1S/C15H16N2O3/c1-17(2)11-5-3-4-10(8-11)16-15(20)13-9-12(18)6-7-14(13)19/h3-9,18-19H,1-2H3,(H,16,20). The number of nitrogens with zero attached hydrogens (tertiary/aromatic N) is 1. The topological polar surface area (TPSA) is 72.8 Å². The van der Waals surface area contributed by atoms with Gasteiger partial charge < -0.3 is 20.4 Å². The summed E-state index contributed by atoms with van der Waals surface area (Å²) in [7, 11) is 3.81. The highest BCUT2D eigenvalue weighted by Crippen LogP contribution is 2.24. The van der Waals surface area contributed by atoms with Crippen molar-refractivity contribution < 1.29 is 15.0 Å². The van der Waals surface area contributed by atoms with Gasteiger partial charge in [0.05, 0.1) is 5.56 Å². The van der Waals surface area contributed by atoms with Gasteiger partial charge in [0.2, 0.25) is 0 Å². The largest absolute Gasteiger partial charge is 0.508 e. The Bertz CT molecular complexity index is 639. The molecule has 0 aliphatic rings. The van der Waals surface area contributed by atoms with Crippen molar-refractivity contribution in [2.24, 2.45) is 0 Å². The van der Waals surface area contributed by atoms with Crippen molar-refractivity contribution in [2.75, 3.05) is 24.3 Å². The normalized spacial score (nSPS) is 10.1. The van der Waals surface area contributed by atoms with Crippen molar-refractivity contribution in [3.8, 4) is 11.5 Å². The third-order valence-corrected chi connectivity index (χ3v) is 2.85. The maximum atomic E-state index is 12.1. The van der Waals surface area contributed by atoms with E-state index in [1.165, 1.54) is 18.2 Å². The Labute approximate surface area is 117 Å². The fraction of sp³-hybridized carbons (Fsp3) is 0.133. The highest BCUT2D eigenvalue weighted by Gasteiger charge is 2.12. The molecule has 0 unspecified atom stereocenters. The molecule has 2 rings (SSSR count). The monoisotopic (exact) mass is 272 g/mol. The van der Waals surface area contributed by atoms with Gasteiger partial charge in [0.15, 0.2) is 0 Å². The molecule has 104 valence electrons. The van der Waals surface area contributed by atoms with Crippen LogP contribution in [0.4, 0.5) is 11.4 Å². The molecule has 0 aliphatic heterocycles. The van der Waals surface area contributed by atoms with E-state index in [9.17, 15) is 15.0 Å². The van der Waals surface area contributed by atoms with Crippen LogP contribution in [0.1, 0.15) is 10.4 Å². The van der Waals surface area contributed by atoms with Crippen molar-refractivity contribution in [1.29, 1.82) is 0 Å². The summed E-state index contributed by atoms with van der Waals surface area (Å²) >= 11 is 0. The van der Waals surface area contributed by atoms with Gasteiger partial charge in [-0.3, -0.25) is 4.79 Å². The summed E-state index contributed by atoms with van der Waals surface area (Å²) < 4.78 is 0. The van der Waals surface area contributed by atoms with Crippen molar-refractivity contribution in [1.82, 2.24) is 0 Å². The molecule has 0 bridgehead atoms. The van der Waals surface area contributed by atoms with Gasteiger partial charge in [-0.25, -0.2) is 0 Å². The zero-order chi connectivity index (χ0) is 14.7. The number of rotatable bonds is 3. The molecule has 2 aromatic rings. The van der Waals surface area contributed by atoms with Crippen molar-refractivity contribution in [3.05, 3.63) is 48.0 Å². The van der Waals surface area contributed by atoms with E-state index < -0.39 is 5.91 Å². The molecular formula is C15H16N2O3. The molecule has 0 fully saturated rings.